The number of carbonyl (C=O) groups is 2. The first-order valence-electron chi connectivity index (χ1n) is 6.15. The molecule has 1 rings (SSSR count). The molecule has 4 nitrogen and oxygen atoms in total. The van der Waals surface area contributed by atoms with Gasteiger partial charge in [-0.1, -0.05) is 19.1 Å². The average Bonchev–Trinajstić information content (AvgIpc) is 2.40. The first kappa shape index (κ1) is 15.1. The number of benzene rings is 1. The largest absolute Gasteiger partial charge is 0.468 e. The van der Waals surface area contributed by atoms with Gasteiger partial charge in [-0.3, -0.25) is 9.59 Å². The predicted molar refractivity (Wildman–Crippen MR) is 69.0 cm³/mol. The third-order valence-electron chi connectivity index (χ3n) is 2.66. The monoisotopic (exact) mass is 267 g/mol. The summed E-state index contributed by atoms with van der Waals surface area (Å²) in [6.07, 6.45) is 0.906. The van der Waals surface area contributed by atoms with Gasteiger partial charge in [0.25, 0.3) is 0 Å². The van der Waals surface area contributed by atoms with Crippen molar-refractivity contribution in [3.63, 3.8) is 0 Å². The molecule has 1 amide bonds. The van der Waals surface area contributed by atoms with Gasteiger partial charge in [0.1, 0.15) is 12.4 Å². The molecule has 0 radical (unpaired) electrons. The zero-order valence-corrected chi connectivity index (χ0v) is 11.2. The molecule has 0 bridgehead atoms. The summed E-state index contributed by atoms with van der Waals surface area (Å²) in [5, 5.41) is 0. The maximum absolute atomic E-state index is 12.8. The van der Waals surface area contributed by atoms with E-state index in [1.165, 1.54) is 24.1 Å². The number of halogens is 1. The van der Waals surface area contributed by atoms with E-state index in [1.807, 2.05) is 6.92 Å². The van der Waals surface area contributed by atoms with Crippen LogP contribution in [0.2, 0.25) is 0 Å². The summed E-state index contributed by atoms with van der Waals surface area (Å²) >= 11 is 0. The summed E-state index contributed by atoms with van der Waals surface area (Å²) in [7, 11) is 1.29. The van der Waals surface area contributed by atoms with Crippen molar-refractivity contribution in [3.8, 4) is 0 Å². The smallest absolute Gasteiger partial charge is 0.325 e. The van der Waals surface area contributed by atoms with Gasteiger partial charge < -0.3 is 9.64 Å². The van der Waals surface area contributed by atoms with Crippen LogP contribution < -0.4 is 0 Å². The van der Waals surface area contributed by atoms with Crippen LogP contribution in [0.4, 0.5) is 4.39 Å². The van der Waals surface area contributed by atoms with Crippen LogP contribution in [-0.4, -0.2) is 37.0 Å². The highest BCUT2D eigenvalue weighted by Gasteiger charge is 2.16. The molecule has 0 heterocycles. The van der Waals surface area contributed by atoms with Crippen molar-refractivity contribution in [3.05, 3.63) is 35.6 Å². The fourth-order valence-corrected chi connectivity index (χ4v) is 1.67. The van der Waals surface area contributed by atoms with Crippen molar-refractivity contribution in [2.45, 2.75) is 19.8 Å². The second-order valence-electron chi connectivity index (χ2n) is 4.19. The lowest BCUT2D eigenvalue weighted by Crippen LogP contribution is -2.37. The highest BCUT2D eigenvalue weighted by atomic mass is 19.1. The molecule has 0 unspecified atom stereocenters. The summed E-state index contributed by atoms with van der Waals surface area (Å²) in [4.78, 5) is 24.7. The fourth-order valence-electron chi connectivity index (χ4n) is 1.67. The summed E-state index contributed by atoms with van der Waals surface area (Å²) in [6.45, 7) is 2.37. The minimum Gasteiger partial charge on any atom is -0.468 e. The van der Waals surface area contributed by atoms with Gasteiger partial charge in [-0.05, 0) is 24.1 Å². The molecular formula is C14H18FNO3. The maximum Gasteiger partial charge on any atom is 0.325 e. The van der Waals surface area contributed by atoms with Gasteiger partial charge in [-0.25, -0.2) is 4.39 Å². The highest BCUT2D eigenvalue weighted by molar-refractivity contribution is 5.83. The van der Waals surface area contributed by atoms with Crippen molar-refractivity contribution < 1.29 is 18.7 Å². The van der Waals surface area contributed by atoms with Gasteiger partial charge in [0, 0.05) is 6.54 Å². The Labute approximate surface area is 112 Å². The molecule has 0 aromatic heterocycles. The van der Waals surface area contributed by atoms with Crippen LogP contribution in [0.5, 0.6) is 0 Å². The van der Waals surface area contributed by atoms with Crippen molar-refractivity contribution >= 4 is 11.9 Å². The van der Waals surface area contributed by atoms with Crippen LogP contribution in [-0.2, 0) is 20.7 Å². The van der Waals surface area contributed by atoms with E-state index in [9.17, 15) is 14.0 Å². The Morgan fingerprint density at radius 1 is 1.26 bits per heavy atom. The molecule has 0 saturated carbocycles. The SMILES string of the molecule is CCCN(CC(=O)OC)C(=O)Cc1ccc(F)cc1. The number of carbonyl (C=O) groups excluding carboxylic acids is 2. The van der Waals surface area contributed by atoms with Crippen LogP contribution in [0, 0.1) is 5.82 Å². The van der Waals surface area contributed by atoms with E-state index < -0.39 is 5.97 Å². The fraction of sp³-hybridized carbons (Fsp3) is 0.429. The number of esters is 1. The third kappa shape index (κ3) is 5.07. The van der Waals surface area contributed by atoms with Crippen LogP contribution in [0.25, 0.3) is 0 Å². The molecule has 0 aliphatic rings. The topological polar surface area (TPSA) is 46.6 Å². The van der Waals surface area contributed by atoms with Crippen LogP contribution in [0.3, 0.4) is 0 Å². The van der Waals surface area contributed by atoms with Crippen molar-refractivity contribution in [2.24, 2.45) is 0 Å². The van der Waals surface area contributed by atoms with Gasteiger partial charge in [-0.2, -0.15) is 0 Å². The van der Waals surface area contributed by atoms with Crippen molar-refractivity contribution in [1.29, 1.82) is 0 Å². The van der Waals surface area contributed by atoms with Crippen LogP contribution in [0.15, 0.2) is 24.3 Å². The minimum absolute atomic E-state index is 0.0512. The Hall–Kier alpha value is -1.91. The Morgan fingerprint density at radius 2 is 1.89 bits per heavy atom. The molecule has 0 aliphatic heterocycles. The lowest BCUT2D eigenvalue weighted by Gasteiger charge is -2.20. The second-order valence-corrected chi connectivity index (χ2v) is 4.19. The Balaban J connectivity index is 2.65. The van der Waals surface area contributed by atoms with E-state index in [-0.39, 0.29) is 24.7 Å². The van der Waals surface area contributed by atoms with Crippen LogP contribution >= 0.6 is 0 Å². The number of nitrogens with zero attached hydrogens (tertiary/aromatic N) is 1. The molecule has 0 saturated heterocycles. The molecule has 19 heavy (non-hydrogen) atoms. The van der Waals surface area contributed by atoms with Gasteiger partial charge in [0.2, 0.25) is 5.91 Å². The van der Waals surface area contributed by atoms with Crippen LogP contribution in [0.1, 0.15) is 18.9 Å². The molecule has 1 aromatic rings. The first-order chi connectivity index (χ1) is 9.06. The number of ether oxygens (including phenoxy) is 1. The molecular weight excluding hydrogens is 249 g/mol. The highest BCUT2D eigenvalue weighted by Crippen LogP contribution is 2.06. The lowest BCUT2D eigenvalue weighted by atomic mass is 10.1. The first-order valence-corrected chi connectivity index (χ1v) is 6.15. The van der Waals surface area contributed by atoms with E-state index in [0.29, 0.717) is 6.54 Å². The van der Waals surface area contributed by atoms with Gasteiger partial charge >= 0.3 is 5.97 Å². The third-order valence-corrected chi connectivity index (χ3v) is 2.66. The quantitative estimate of drug-likeness (QED) is 0.738. The number of rotatable bonds is 6. The van der Waals surface area contributed by atoms with E-state index in [0.717, 1.165) is 12.0 Å². The van der Waals surface area contributed by atoms with E-state index in [4.69, 9.17) is 0 Å². The lowest BCUT2D eigenvalue weighted by molar-refractivity contribution is -0.146. The molecule has 0 N–H and O–H groups in total. The van der Waals surface area contributed by atoms with Gasteiger partial charge in [0.05, 0.1) is 13.5 Å². The van der Waals surface area contributed by atoms with Crippen molar-refractivity contribution in [2.75, 3.05) is 20.2 Å². The van der Waals surface area contributed by atoms with Gasteiger partial charge in [-0.15, -0.1) is 0 Å². The van der Waals surface area contributed by atoms with E-state index in [2.05, 4.69) is 4.74 Å². The zero-order chi connectivity index (χ0) is 14.3. The average molecular weight is 267 g/mol. The molecule has 1 aromatic carbocycles. The molecule has 0 fully saturated rings. The molecule has 0 atom stereocenters. The number of hydrogen-bond donors (Lipinski definition) is 0. The Kier molecular flexibility index (Phi) is 5.99. The maximum atomic E-state index is 12.8. The van der Waals surface area contributed by atoms with Crippen molar-refractivity contribution in [1.82, 2.24) is 4.90 Å². The molecule has 0 spiro atoms. The molecule has 0 aliphatic carbocycles. The summed E-state index contributed by atoms with van der Waals surface area (Å²) in [6, 6.07) is 5.76. The number of methoxy groups -OCH3 is 1. The van der Waals surface area contributed by atoms with E-state index >= 15 is 0 Å². The zero-order valence-electron chi connectivity index (χ0n) is 11.2. The normalized spacial score (nSPS) is 10.1. The van der Waals surface area contributed by atoms with E-state index in [1.54, 1.807) is 12.1 Å². The standard InChI is InChI=1S/C14H18FNO3/c1-3-8-16(10-14(18)19-2)13(17)9-11-4-6-12(15)7-5-11/h4-7H,3,8-10H2,1-2H3. The summed E-state index contributed by atoms with van der Waals surface area (Å²) < 4.78 is 17.3. The number of amides is 1. The predicted octanol–water partition coefficient (Wildman–Crippen LogP) is 1.78. The number of hydrogen-bond acceptors (Lipinski definition) is 3. The minimum atomic E-state index is -0.444. The molecule has 5 heteroatoms. The summed E-state index contributed by atoms with van der Waals surface area (Å²) in [5.74, 6) is -0.948. The Morgan fingerprint density at radius 3 is 2.42 bits per heavy atom. The second kappa shape index (κ2) is 7.51. The van der Waals surface area contributed by atoms with Gasteiger partial charge in [0.15, 0.2) is 0 Å². The molecule has 104 valence electrons. The Bertz CT molecular complexity index is 431. The summed E-state index contributed by atoms with van der Waals surface area (Å²) in [5.41, 5.74) is 0.720.